The van der Waals surface area contributed by atoms with Gasteiger partial charge in [0.2, 0.25) is 5.91 Å². The Kier molecular flexibility index (Phi) is 5.79. The number of halogens is 2. The van der Waals surface area contributed by atoms with E-state index < -0.39 is 17.9 Å². The maximum absolute atomic E-state index is 12.3. The zero-order valence-corrected chi connectivity index (χ0v) is 14.5. The van der Waals surface area contributed by atoms with E-state index in [0.29, 0.717) is 17.0 Å². The van der Waals surface area contributed by atoms with Crippen molar-refractivity contribution in [2.45, 2.75) is 12.5 Å². The van der Waals surface area contributed by atoms with E-state index in [2.05, 4.69) is 27.9 Å². The summed E-state index contributed by atoms with van der Waals surface area (Å²) in [6.07, 6.45) is 0.338. The second-order valence-corrected chi connectivity index (χ2v) is 6.27. The molecule has 3 N–H and O–H groups in total. The lowest BCUT2D eigenvalue weighted by Gasteiger charge is -2.17. The Labute approximate surface area is 147 Å². The van der Waals surface area contributed by atoms with Crippen LogP contribution >= 0.6 is 34.2 Å². The minimum Gasteiger partial charge on any atom is -0.368 e. The predicted molar refractivity (Wildman–Crippen MR) is 94.8 cm³/mol. The van der Waals surface area contributed by atoms with Crippen molar-refractivity contribution in [3.8, 4) is 0 Å². The molecular formula is C16H14ClIN2O2. The Morgan fingerprint density at radius 3 is 2.41 bits per heavy atom. The molecule has 2 aromatic carbocycles. The molecule has 0 heterocycles. The van der Waals surface area contributed by atoms with Crippen molar-refractivity contribution >= 4 is 46.0 Å². The van der Waals surface area contributed by atoms with Crippen LogP contribution in [0.15, 0.2) is 48.5 Å². The van der Waals surface area contributed by atoms with Gasteiger partial charge in [-0.2, -0.15) is 0 Å². The number of rotatable bonds is 5. The first kappa shape index (κ1) is 16.8. The molecule has 0 unspecified atom stereocenters. The SMILES string of the molecule is NC(=O)[C@@H](Cc1ccccc1I)NC(=O)c1ccccc1Cl. The van der Waals surface area contributed by atoms with Gasteiger partial charge in [0.25, 0.3) is 5.91 Å². The highest BCUT2D eigenvalue weighted by atomic mass is 127. The molecule has 0 fully saturated rings. The second kappa shape index (κ2) is 7.60. The number of primary amides is 1. The number of carbonyl (C=O) groups is 2. The van der Waals surface area contributed by atoms with Crippen LogP contribution in [0.2, 0.25) is 5.02 Å². The highest BCUT2D eigenvalue weighted by molar-refractivity contribution is 14.1. The molecule has 114 valence electrons. The average molecular weight is 429 g/mol. The lowest BCUT2D eigenvalue weighted by Crippen LogP contribution is -2.46. The third-order valence-corrected chi connectivity index (χ3v) is 4.53. The fourth-order valence-electron chi connectivity index (χ4n) is 1.99. The van der Waals surface area contributed by atoms with Gasteiger partial charge >= 0.3 is 0 Å². The largest absolute Gasteiger partial charge is 0.368 e. The summed E-state index contributed by atoms with van der Waals surface area (Å²) in [4.78, 5) is 23.9. The van der Waals surface area contributed by atoms with Gasteiger partial charge in [0.05, 0.1) is 10.6 Å². The molecule has 0 aliphatic rings. The number of benzene rings is 2. The molecule has 2 rings (SSSR count). The number of nitrogens with two attached hydrogens (primary N) is 1. The van der Waals surface area contributed by atoms with E-state index in [4.69, 9.17) is 17.3 Å². The van der Waals surface area contributed by atoms with Crippen LogP contribution in [0.4, 0.5) is 0 Å². The molecular weight excluding hydrogens is 415 g/mol. The van der Waals surface area contributed by atoms with E-state index in [1.54, 1.807) is 24.3 Å². The Bertz CT molecular complexity index is 706. The van der Waals surface area contributed by atoms with Gasteiger partial charge in [0, 0.05) is 9.99 Å². The van der Waals surface area contributed by atoms with E-state index in [-0.39, 0.29) is 0 Å². The molecule has 22 heavy (non-hydrogen) atoms. The van der Waals surface area contributed by atoms with Gasteiger partial charge in [0.1, 0.15) is 6.04 Å². The smallest absolute Gasteiger partial charge is 0.253 e. The highest BCUT2D eigenvalue weighted by Gasteiger charge is 2.21. The minimum absolute atomic E-state index is 0.318. The molecule has 2 amide bonds. The zero-order valence-electron chi connectivity index (χ0n) is 11.6. The molecule has 4 nitrogen and oxygen atoms in total. The topological polar surface area (TPSA) is 72.2 Å². The average Bonchev–Trinajstić information content (AvgIpc) is 2.49. The van der Waals surface area contributed by atoms with Crippen LogP contribution in [0.3, 0.4) is 0 Å². The number of nitrogens with one attached hydrogen (secondary N) is 1. The summed E-state index contributed by atoms with van der Waals surface area (Å²) < 4.78 is 1.01. The summed E-state index contributed by atoms with van der Waals surface area (Å²) in [5.74, 6) is -1.000. The molecule has 0 aliphatic heterocycles. The van der Waals surface area contributed by atoms with E-state index in [1.165, 1.54) is 0 Å². The summed E-state index contributed by atoms with van der Waals surface area (Å²) in [5, 5.41) is 2.98. The Balaban J connectivity index is 2.16. The van der Waals surface area contributed by atoms with Crippen LogP contribution in [0.1, 0.15) is 15.9 Å². The summed E-state index contributed by atoms with van der Waals surface area (Å²) in [5.41, 5.74) is 6.68. The first-order valence-electron chi connectivity index (χ1n) is 6.57. The summed E-state index contributed by atoms with van der Waals surface area (Å²) >= 11 is 8.17. The van der Waals surface area contributed by atoms with Crippen molar-refractivity contribution in [3.63, 3.8) is 0 Å². The monoisotopic (exact) mass is 428 g/mol. The van der Waals surface area contributed by atoms with E-state index in [1.807, 2.05) is 24.3 Å². The molecule has 6 heteroatoms. The molecule has 0 spiro atoms. The molecule has 0 aliphatic carbocycles. The highest BCUT2D eigenvalue weighted by Crippen LogP contribution is 2.16. The molecule has 0 saturated heterocycles. The molecule has 0 radical (unpaired) electrons. The second-order valence-electron chi connectivity index (χ2n) is 4.70. The molecule has 1 atom stereocenters. The Hall–Kier alpha value is -1.60. The van der Waals surface area contributed by atoms with Crippen LogP contribution in [0.25, 0.3) is 0 Å². The van der Waals surface area contributed by atoms with Gasteiger partial charge in [-0.05, 0) is 46.4 Å². The van der Waals surface area contributed by atoms with Crippen LogP contribution in [0, 0.1) is 3.57 Å². The van der Waals surface area contributed by atoms with Crippen molar-refractivity contribution in [2.75, 3.05) is 0 Å². The van der Waals surface area contributed by atoms with Gasteiger partial charge in [0.15, 0.2) is 0 Å². The maximum atomic E-state index is 12.3. The fourth-order valence-corrected chi connectivity index (χ4v) is 2.82. The van der Waals surface area contributed by atoms with Gasteiger partial charge in [-0.25, -0.2) is 0 Å². The predicted octanol–water partition coefficient (Wildman–Crippen LogP) is 2.77. The standard InChI is InChI=1S/C16H14ClIN2O2/c17-12-7-3-2-6-11(12)16(22)20-14(15(19)21)9-10-5-1-4-8-13(10)18/h1-8,14H,9H2,(H2,19,21)(H,20,22)/t14-/m1/s1. The van der Waals surface area contributed by atoms with Crippen molar-refractivity contribution in [1.29, 1.82) is 0 Å². The van der Waals surface area contributed by atoms with Gasteiger partial charge in [-0.3, -0.25) is 9.59 Å². The molecule has 0 bridgehead atoms. The van der Waals surface area contributed by atoms with Crippen LogP contribution in [-0.4, -0.2) is 17.9 Å². The first-order valence-corrected chi connectivity index (χ1v) is 8.03. The lowest BCUT2D eigenvalue weighted by atomic mass is 10.0. The van der Waals surface area contributed by atoms with Crippen molar-refractivity contribution in [1.82, 2.24) is 5.32 Å². The van der Waals surface area contributed by atoms with Crippen molar-refractivity contribution < 1.29 is 9.59 Å². The Morgan fingerprint density at radius 2 is 1.77 bits per heavy atom. The summed E-state index contributed by atoms with van der Waals surface area (Å²) in [6, 6.07) is 13.5. The lowest BCUT2D eigenvalue weighted by molar-refractivity contribution is -0.119. The third kappa shape index (κ3) is 4.20. The van der Waals surface area contributed by atoms with E-state index >= 15 is 0 Å². The maximum Gasteiger partial charge on any atom is 0.253 e. The number of hydrogen-bond donors (Lipinski definition) is 2. The van der Waals surface area contributed by atoms with Crippen molar-refractivity contribution in [3.05, 3.63) is 68.3 Å². The van der Waals surface area contributed by atoms with Gasteiger partial charge in [-0.1, -0.05) is 41.9 Å². The van der Waals surface area contributed by atoms with E-state index in [0.717, 1.165) is 9.13 Å². The van der Waals surface area contributed by atoms with Gasteiger partial charge < -0.3 is 11.1 Å². The van der Waals surface area contributed by atoms with Gasteiger partial charge in [-0.15, -0.1) is 0 Å². The molecule has 0 saturated carbocycles. The van der Waals surface area contributed by atoms with E-state index in [9.17, 15) is 9.59 Å². The van der Waals surface area contributed by atoms with Crippen LogP contribution < -0.4 is 11.1 Å². The Morgan fingerprint density at radius 1 is 1.14 bits per heavy atom. The van der Waals surface area contributed by atoms with Crippen molar-refractivity contribution in [2.24, 2.45) is 5.73 Å². The minimum atomic E-state index is -0.792. The number of carbonyl (C=O) groups excluding carboxylic acids is 2. The van der Waals surface area contributed by atoms with Crippen LogP contribution in [-0.2, 0) is 11.2 Å². The fraction of sp³-hybridized carbons (Fsp3) is 0.125. The first-order chi connectivity index (χ1) is 10.5. The molecule has 0 aromatic heterocycles. The normalized spacial score (nSPS) is 11.7. The number of amides is 2. The quantitative estimate of drug-likeness (QED) is 0.719. The third-order valence-electron chi connectivity index (χ3n) is 3.15. The van der Waals surface area contributed by atoms with Crippen LogP contribution in [0.5, 0.6) is 0 Å². The summed E-state index contributed by atoms with van der Waals surface area (Å²) in [7, 11) is 0. The molecule has 2 aromatic rings. The summed E-state index contributed by atoms with van der Waals surface area (Å²) in [6.45, 7) is 0. The number of hydrogen-bond acceptors (Lipinski definition) is 2. The zero-order chi connectivity index (χ0) is 16.1.